The van der Waals surface area contributed by atoms with Gasteiger partial charge in [-0.25, -0.2) is 8.42 Å². The number of hydrogen-bond donors (Lipinski definition) is 0. The minimum atomic E-state index is -3.12. The lowest BCUT2D eigenvalue weighted by Crippen LogP contribution is -2.32. The van der Waals surface area contributed by atoms with Gasteiger partial charge in [0.05, 0.1) is 0 Å². The summed E-state index contributed by atoms with van der Waals surface area (Å²) in [6.45, 7) is 0. The summed E-state index contributed by atoms with van der Waals surface area (Å²) in [5, 5.41) is 10.9. The van der Waals surface area contributed by atoms with E-state index in [1.54, 1.807) is 12.1 Å². The van der Waals surface area contributed by atoms with Crippen molar-refractivity contribution in [2.75, 3.05) is 6.26 Å². The van der Waals surface area contributed by atoms with E-state index in [-0.39, 0.29) is 11.4 Å². The van der Waals surface area contributed by atoms with E-state index in [4.69, 9.17) is 0 Å². The van der Waals surface area contributed by atoms with Crippen molar-refractivity contribution in [3.63, 3.8) is 0 Å². The molecule has 4 nitrogen and oxygen atoms in total. The number of aromatic nitrogens is 1. The van der Waals surface area contributed by atoms with Gasteiger partial charge < -0.3 is 5.21 Å². The molecule has 66 valence electrons. The molecule has 0 saturated heterocycles. The zero-order valence-corrected chi connectivity index (χ0v) is 7.41. The van der Waals surface area contributed by atoms with Crippen LogP contribution in [0, 0.1) is 5.21 Å². The van der Waals surface area contributed by atoms with Gasteiger partial charge in [-0.3, -0.25) is 0 Å². The first-order valence-electron chi connectivity index (χ1n) is 3.34. The van der Waals surface area contributed by atoms with Gasteiger partial charge in [0.15, 0.2) is 16.0 Å². The average Bonchev–Trinajstić information content (AvgIpc) is 1.91. The number of pyridine rings is 1. The predicted octanol–water partition coefficient (Wildman–Crippen LogP) is -0.135. The Morgan fingerprint density at radius 2 is 2.17 bits per heavy atom. The van der Waals surface area contributed by atoms with Crippen LogP contribution in [0.15, 0.2) is 24.4 Å². The van der Waals surface area contributed by atoms with Gasteiger partial charge in [-0.1, -0.05) is 0 Å². The molecule has 0 fully saturated rings. The van der Waals surface area contributed by atoms with E-state index in [2.05, 4.69) is 0 Å². The number of sulfone groups is 1. The molecule has 0 saturated carbocycles. The lowest BCUT2D eigenvalue weighted by Gasteiger charge is -2.01. The Hall–Kier alpha value is -1.10. The second kappa shape index (κ2) is 3.10. The summed E-state index contributed by atoms with van der Waals surface area (Å²) in [5.41, 5.74) is 0.250. The third-order valence-electron chi connectivity index (χ3n) is 1.31. The summed E-state index contributed by atoms with van der Waals surface area (Å²) in [5.74, 6) is -0.211. The SMILES string of the molecule is CS(=O)(=O)Cc1cccc[n+]1[O-]. The molecule has 1 aromatic heterocycles. The van der Waals surface area contributed by atoms with Gasteiger partial charge in [-0.2, -0.15) is 4.73 Å². The molecule has 0 amide bonds. The maximum Gasteiger partial charge on any atom is 0.207 e. The Morgan fingerprint density at radius 1 is 1.50 bits per heavy atom. The number of hydrogen-bond acceptors (Lipinski definition) is 3. The minimum absolute atomic E-state index is 0.211. The summed E-state index contributed by atoms with van der Waals surface area (Å²) in [7, 11) is -3.12. The maximum absolute atomic E-state index is 10.9. The van der Waals surface area contributed by atoms with E-state index in [1.165, 1.54) is 12.3 Å². The van der Waals surface area contributed by atoms with E-state index in [1.807, 2.05) is 0 Å². The minimum Gasteiger partial charge on any atom is -0.618 e. The van der Waals surface area contributed by atoms with Crippen LogP contribution in [0.1, 0.15) is 5.69 Å². The molecule has 0 aliphatic carbocycles. The van der Waals surface area contributed by atoms with Gasteiger partial charge in [0.2, 0.25) is 5.69 Å². The Balaban J connectivity index is 2.98. The van der Waals surface area contributed by atoms with Crippen LogP contribution >= 0.6 is 0 Å². The first kappa shape index (κ1) is 8.99. The van der Waals surface area contributed by atoms with E-state index in [9.17, 15) is 13.6 Å². The van der Waals surface area contributed by atoms with Crippen molar-refractivity contribution in [3.05, 3.63) is 35.3 Å². The van der Waals surface area contributed by atoms with Crippen molar-refractivity contribution >= 4 is 9.84 Å². The second-order valence-corrected chi connectivity index (χ2v) is 4.73. The molecular formula is C7H9NO3S. The Labute approximate surface area is 71.0 Å². The lowest BCUT2D eigenvalue weighted by molar-refractivity contribution is -0.612. The zero-order valence-electron chi connectivity index (χ0n) is 6.60. The van der Waals surface area contributed by atoms with Crippen LogP contribution < -0.4 is 4.73 Å². The molecule has 0 bridgehead atoms. The van der Waals surface area contributed by atoms with Gasteiger partial charge in [0.1, 0.15) is 5.75 Å². The molecule has 0 atom stereocenters. The highest BCUT2D eigenvalue weighted by Crippen LogP contribution is 1.97. The first-order valence-corrected chi connectivity index (χ1v) is 5.40. The molecule has 12 heavy (non-hydrogen) atoms. The molecule has 0 aliphatic rings. The van der Waals surface area contributed by atoms with Crippen molar-refractivity contribution in [3.8, 4) is 0 Å². The molecule has 1 aromatic rings. The highest BCUT2D eigenvalue weighted by atomic mass is 32.2. The smallest absolute Gasteiger partial charge is 0.207 e. The predicted molar refractivity (Wildman–Crippen MR) is 43.9 cm³/mol. The number of rotatable bonds is 2. The maximum atomic E-state index is 10.9. The van der Waals surface area contributed by atoms with Crippen LogP contribution in [0.2, 0.25) is 0 Å². The molecule has 0 aromatic carbocycles. The van der Waals surface area contributed by atoms with Crippen LogP contribution in [0.3, 0.4) is 0 Å². The van der Waals surface area contributed by atoms with Gasteiger partial charge in [-0.15, -0.1) is 0 Å². The fourth-order valence-corrected chi connectivity index (χ4v) is 1.60. The van der Waals surface area contributed by atoms with Crippen molar-refractivity contribution < 1.29 is 13.1 Å². The molecule has 1 rings (SSSR count). The molecule has 0 spiro atoms. The second-order valence-electron chi connectivity index (χ2n) is 2.59. The summed E-state index contributed by atoms with van der Waals surface area (Å²) >= 11 is 0. The summed E-state index contributed by atoms with van der Waals surface area (Å²) in [4.78, 5) is 0. The van der Waals surface area contributed by atoms with E-state index < -0.39 is 9.84 Å². The first-order chi connectivity index (χ1) is 5.49. The van der Waals surface area contributed by atoms with Gasteiger partial charge in [-0.05, 0) is 6.07 Å². The quantitative estimate of drug-likeness (QED) is 0.478. The van der Waals surface area contributed by atoms with Crippen LogP contribution in [0.4, 0.5) is 0 Å². The van der Waals surface area contributed by atoms with Gasteiger partial charge in [0.25, 0.3) is 0 Å². The van der Waals surface area contributed by atoms with Crippen molar-refractivity contribution in [1.82, 2.24) is 0 Å². The van der Waals surface area contributed by atoms with E-state index in [0.29, 0.717) is 4.73 Å². The third kappa shape index (κ3) is 2.50. The van der Waals surface area contributed by atoms with Crippen molar-refractivity contribution in [1.29, 1.82) is 0 Å². The molecule has 5 heteroatoms. The lowest BCUT2D eigenvalue weighted by atomic mass is 10.4. The van der Waals surface area contributed by atoms with E-state index >= 15 is 0 Å². The van der Waals surface area contributed by atoms with Crippen molar-refractivity contribution in [2.45, 2.75) is 5.75 Å². The Bertz CT molecular complexity index is 372. The summed E-state index contributed by atoms with van der Waals surface area (Å²) in [6, 6.07) is 4.68. The van der Waals surface area contributed by atoms with Crippen LogP contribution in [-0.4, -0.2) is 14.7 Å². The highest BCUT2D eigenvalue weighted by Gasteiger charge is 2.11. The normalized spacial score (nSPS) is 11.4. The van der Waals surface area contributed by atoms with Crippen LogP contribution in [0.25, 0.3) is 0 Å². The molecular weight excluding hydrogens is 178 g/mol. The zero-order chi connectivity index (χ0) is 9.19. The summed E-state index contributed by atoms with van der Waals surface area (Å²) in [6.07, 6.45) is 2.38. The van der Waals surface area contributed by atoms with Crippen LogP contribution in [0.5, 0.6) is 0 Å². The van der Waals surface area contributed by atoms with Crippen molar-refractivity contribution in [2.24, 2.45) is 0 Å². The number of nitrogens with zero attached hydrogens (tertiary/aromatic N) is 1. The summed E-state index contributed by atoms with van der Waals surface area (Å²) < 4.78 is 22.2. The monoisotopic (exact) mass is 187 g/mol. The average molecular weight is 187 g/mol. The third-order valence-corrected chi connectivity index (χ3v) is 2.13. The molecule has 0 aliphatic heterocycles. The fourth-order valence-electron chi connectivity index (χ4n) is 0.844. The van der Waals surface area contributed by atoms with Gasteiger partial charge in [0, 0.05) is 18.4 Å². The standard InChI is InChI=1S/C7H9NO3S/c1-12(10,11)6-7-4-2-3-5-8(7)9/h2-5H,6H2,1H3. The van der Waals surface area contributed by atoms with E-state index in [0.717, 1.165) is 6.26 Å². The molecule has 0 unspecified atom stereocenters. The highest BCUT2D eigenvalue weighted by molar-refractivity contribution is 7.89. The fraction of sp³-hybridized carbons (Fsp3) is 0.286. The largest absolute Gasteiger partial charge is 0.618 e. The topological polar surface area (TPSA) is 61.1 Å². The Kier molecular flexibility index (Phi) is 2.32. The van der Waals surface area contributed by atoms with Gasteiger partial charge >= 0.3 is 0 Å². The van der Waals surface area contributed by atoms with Crippen LogP contribution in [-0.2, 0) is 15.6 Å². The molecule has 1 heterocycles. The Morgan fingerprint density at radius 3 is 2.67 bits per heavy atom. The molecule has 0 radical (unpaired) electrons. The molecule has 0 N–H and O–H groups in total.